The van der Waals surface area contributed by atoms with E-state index < -0.39 is 5.60 Å². The third kappa shape index (κ3) is 1.95. The second kappa shape index (κ2) is 3.56. The van der Waals surface area contributed by atoms with Crippen LogP contribution < -0.4 is 5.73 Å². The van der Waals surface area contributed by atoms with Gasteiger partial charge in [0.1, 0.15) is 5.82 Å². The molecular weight excluding hydrogens is 194 g/mol. The summed E-state index contributed by atoms with van der Waals surface area (Å²) in [6.45, 7) is 1.85. The molecule has 1 unspecified atom stereocenters. The smallest absolute Gasteiger partial charge is 0.254 e. The number of fused-ring (bicyclic) bond motifs is 1. The van der Waals surface area contributed by atoms with E-state index in [0.717, 1.165) is 0 Å². The van der Waals surface area contributed by atoms with Crippen molar-refractivity contribution in [2.45, 2.75) is 18.9 Å². The van der Waals surface area contributed by atoms with E-state index in [9.17, 15) is 5.11 Å². The van der Waals surface area contributed by atoms with Gasteiger partial charge in [-0.2, -0.15) is 0 Å². The predicted octanol–water partition coefficient (Wildman–Crippen LogP) is -0.624. The van der Waals surface area contributed by atoms with E-state index in [0.29, 0.717) is 18.0 Å². The van der Waals surface area contributed by atoms with E-state index in [1.54, 1.807) is 23.6 Å². The molecule has 15 heavy (non-hydrogen) atoms. The zero-order valence-corrected chi connectivity index (χ0v) is 8.46. The zero-order chi connectivity index (χ0) is 10.9. The van der Waals surface area contributed by atoms with Gasteiger partial charge in [-0.3, -0.25) is 4.40 Å². The highest BCUT2D eigenvalue weighted by atomic mass is 16.3. The van der Waals surface area contributed by atoms with E-state index in [4.69, 9.17) is 5.73 Å². The minimum absolute atomic E-state index is 0.183. The van der Waals surface area contributed by atoms with Crippen LogP contribution in [0.3, 0.4) is 0 Å². The maximum Gasteiger partial charge on any atom is 0.254 e. The molecule has 6 nitrogen and oxygen atoms in total. The Balaban J connectivity index is 2.37. The van der Waals surface area contributed by atoms with Crippen LogP contribution in [0.25, 0.3) is 5.78 Å². The summed E-state index contributed by atoms with van der Waals surface area (Å²) in [5.41, 5.74) is 4.48. The lowest BCUT2D eigenvalue weighted by atomic mass is 10.0. The average molecular weight is 207 g/mol. The van der Waals surface area contributed by atoms with Gasteiger partial charge in [0.05, 0.1) is 5.60 Å². The first-order valence-electron chi connectivity index (χ1n) is 4.69. The van der Waals surface area contributed by atoms with Gasteiger partial charge in [-0.15, -0.1) is 10.2 Å². The van der Waals surface area contributed by atoms with Crippen LogP contribution in [0.1, 0.15) is 12.7 Å². The standard InChI is InChI=1S/C9H13N5O/c1-9(15,6-10)5-7-12-13-8-11-3-2-4-14(7)8/h2-4,15H,5-6,10H2,1H3. The number of nitrogens with zero attached hydrogens (tertiary/aromatic N) is 4. The second-order valence-electron chi connectivity index (χ2n) is 3.78. The zero-order valence-electron chi connectivity index (χ0n) is 8.46. The molecule has 2 aromatic heterocycles. The highest BCUT2D eigenvalue weighted by Gasteiger charge is 2.21. The van der Waals surface area contributed by atoms with Crippen LogP contribution in [0.5, 0.6) is 0 Å². The molecule has 0 amide bonds. The first-order valence-corrected chi connectivity index (χ1v) is 4.69. The first kappa shape index (κ1) is 10.0. The van der Waals surface area contributed by atoms with Crippen molar-refractivity contribution < 1.29 is 5.11 Å². The van der Waals surface area contributed by atoms with Crippen molar-refractivity contribution in [3.63, 3.8) is 0 Å². The van der Waals surface area contributed by atoms with Crippen LogP contribution in [0.15, 0.2) is 18.5 Å². The summed E-state index contributed by atoms with van der Waals surface area (Å²) in [6, 6.07) is 1.79. The third-order valence-corrected chi connectivity index (χ3v) is 2.24. The first-order chi connectivity index (χ1) is 7.12. The van der Waals surface area contributed by atoms with Gasteiger partial charge >= 0.3 is 0 Å². The molecule has 0 aromatic carbocycles. The monoisotopic (exact) mass is 207 g/mol. The van der Waals surface area contributed by atoms with Crippen molar-refractivity contribution in [3.8, 4) is 0 Å². The maximum atomic E-state index is 9.83. The Morgan fingerprint density at radius 3 is 3.07 bits per heavy atom. The summed E-state index contributed by atoms with van der Waals surface area (Å²) in [5.74, 6) is 1.19. The van der Waals surface area contributed by atoms with Crippen LogP contribution in [0.4, 0.5) is 0 Å². The molecule has 2 aromatic rings. The van der Waals surface area contributed by atoms with E-state index in [-0.39, 0.29) is 6.54 Å². The molecule has 1 atom stereocenters. The molecule has 0 aliphatic carbocycles. The maximum absolute atomic E-state index is 9.83. The van der Waals surface area contributed by atoms with Crippen LogP contribution in [-0.4, -0.2) is 36.8 Å². The molecule has 3 N–H and O–H groups in total. The number of nitrogens with two attached hydrogens (primary N) is 1. The minimum Gasteiger partial charge on any atom is -0.388 e. The molecular formula is C9H13N5O. The molecule has 0 saturated heterocycles. The Bertz CT molecular complexity index is 464. The lowest BCUT2D eigenvalue weighted by molar-refractivity contribution is 0.0673. The van der Waals surface area contributed by atoms with E-state index in [1.165, 1.54) is 0 Å². The molecule has 0 bridgehead atoms. The molecule has 2 heterocycles. The summed E-state index contributed by atoms with van der Waals surface area (Å²) in [7, 11) is 0. The Morgan fingerprint density at radius 2 is 2.33 bits per heavy atom. The normalized spacial score (nSPS) is 15.4. The van der Waals surface area contributed by atoms with Crippen LogP contribution >= 0.6 is 0 Å². The van der Waals surface area contributed by atoms with Crippen molar-refractivity contribution in [1.29, 1.82) is 0 Å². The topological polar surface area (TPSA) is 89.3 Å². The summed E-state index contributed by atoms with van der Waals surface area (Å²) < 4.78 is 1.74. The van der Waals surface area contributed by atoms with Gasteiger partial charge in [0.2, 0.25) is 0 Å². The number of aromatic nitrogens is 4. The number of hydrogen-bond donors (Lipinski definition) is 2. The molecule has 0 spiro atoms. The number of hydrogen-bond acceptors (Lipinski definition) is 5. The van der Waals surface area contributed by atoms with Gasteiger partial charge in [-0.1, -0.05) is 0 Å². The molecule has 0 aliphatic rings. The second-order valence-corrected chi connectivity index (χ2v) is 3.78. The number of aliphatic hydroxyl groups is 1. The molecule has 80 valence electrons. The lowest BCUT2D eigenvalue weighted by Gasteiger charge is -2.19. The highest BCUT2D eigenvalue weighted by Crippen LogP contribution is 2.10. The lowest BCUT2D eigenvalue weighted by Crippen LogP contribution is -2.37. The summed E-state index contributed by atoms with van der Waals surface area (Å²) in [6.07, 6.45) is 3.81. The predicted molar refractivity (Wildman–Crippen MR) is 54.2 cm³/mol. The fraction of sp³-hybridized carbons (Fsp3) is 0.444. The minimum atomic E-state index is -0.960. The molecule has 0 radical (unpaired) electrons. The SMILES string of the molecule is CC(O)(CN)Cc1nnc2ncccn12. The molecule has 0 fully saturated rings. The van der Waals surface area contributed by atoms with Gasteiger partial charge < -0.3 is 10.8 Å². The van der Waals surface area contributed by atoms with Crippen molar-refractivity contribution in [2.75, 3.05) is 6.54 Å². The van der Waals surface area contributed by atoms with Gasteiger partial charge in [-0.25, -0.2) is 4.98 Å². The fourth-order valence-electron chi connectivity index (χ4n) is 1.32. The average Bonchev–Trinajstić information content (AvgIpc) is 2.62. The summed E-state index contributed by atoms with van der Waals surface area (Å²) in [4.78, 5) is 4.03. The van der Waals surface area contributed by atoms with E-state index >= 15 is 0 Å². The Morgan fingerprint density at radius 1 is 1.53 bits per heavy atom. The van der Waals surface area contributed by atoms with Crippen molar-refractivity contribution in [2.24, 2.45) is 5.73 Å². The Kier molecular flexibility index (Phi) is 2.37. The van der Waals surface area contributed by atoms with E-state index in [1.807, 2.05) is 6.20 Å². The van der Waals surface area contributed by atoms with Gasteiger partial charge in [-0.05, 0) is 13.0 Å². The van der Waals surface area contributed by atoms with Gasteiger partial charge in [0, 0.05) is 25.4 Å². The van der Waals surface area contributed by atoms with Crippen molar-refractivity contribution in [1.82, 2.24) is 19.6 Å². The number of rotatable bonds is 3. The quantitative estimate of drug-likeness (QED) is 0.700. The van der Waals surface area contributed by atoms with Gasteiger partial charge in [0.15, 0.2) is 0 Å². The molecule has 6 heteroatoms. The van der Waals surface area contributed by atoms with Crippen LogP contribution in [-0.2, 0) is 6.42 Å². The Labute approximate surface area is 86.8 Å². The third-order valence-electron chi connectivity index (χ3n) is 2.24. The van der Waals surface area contributed by atoms with Crippen molar-refractivity contribution >= 4 is 5.78 Å². The molecule has 0 aliphatic heterocycles. The summed E-state index contributed by atoms with van der Waals surface area (Å²) >= 11 is 0. The van der Waals surface area contributed by atoms with Crippen LogP contribution in [0.2, 0.25) is 0 Å². The molecule has 2 rings (SSSR count). The highest BCUT2D eigenvalue weighted by molar-refractivity contribution is 5.26. The summed E-state index contributed by atoms with van der Waals surface area (Å²) in [5, 5.41) is 17.7. The van der Waals surface area contributed by atoms with Crippen molar-refractivity contribution in [3.05, 3.63) is 24.3 Å². The van der Waals surface area contributed by atoms with E-state index in [2.05, 4.69) is 15.2 Å². The Hall–Kier alpha value is -1.53. The fourth-order valence-corrected chi connectivity index (χ4v) is 1.32. The van der Waals surface area contributed by atoms with Crippen LogP contribution in [0, 0.1) is 0 Å². The van der Waals surface area contributed by atoms with Gasteiger partial charge in [0.25, 0.3) is 5.78 Å². The largest absolute Gasteiger partial charge is 0.388 e. The molecule has 0 saturated carbocycles.